The van der Waals surface area contributed by atoms with Crippen LogP contribution in [-0.4, -0.2) is 18.9 Å². The summed E-state index contributed by atoms with van der Waals surface area (Å²) in [6, 6.07) is 3.52. The molecule has 1 unspecified atom stereocenters. The van der Waals surface area contributed by atoms with Gasteiger partial charge in [-0.1, -0.05) is 13.0 Å². The van der Waals surface area contributed by atoms with Gasteiger partial charge in [-0.05, 0) is 31.5 Å². The summed E-state index contributed by atoms with van der Waals surface area (Å²) in [7, 11) is 0. The molecule has 0 bridgehead atoms. The molecule has 0 amide bonds. The molecule has 1 aliphatic rings. The second-order valence-corrected chi connectivity index (χ2v) is 4.49. The van der Waals surface area contributed by atoms with Gasteiger partial charge in [0.15, 0.2) is 5.78 Å². The number of rotatable bonds is 3. The molecule has 2 nitrogen and oxygen atoms in total. The Bertz CT molecular complexity index is 419. The Morgan fingerprint density at radius 3 is 2.53 bits per heavy atom. The van der Waals surface area contributed by atoms with Gasteiger partial charge in [-0.25, -0.2) is 8.78 Å². The molecule has 0 aromatic heterocycles. The minimum Gasteiger partial charge on any atom is -0.316 e. The van der Waals surface area contributed by atoms with Crippen LogP contribution in [0.25, 0.3) is 0 Å². The average Bonchev–Trinajstić information content (AvgIpc) is 2.78. The van der Waals surface area contributed by atoms with Crippen LogP contribution in [0, 0.1) is 17.0 Å². The molecule has 17 heavy (non-hydrogen) atoms. The van der Waals surface area contributed by atoms with E-state index in [1.54, 1.807) is 0 Å². The van der Waals surface area contributed by atoms with Crippen LogP contribution in [0.4, 0.5) is 8.78 Å². The van der Waals surface area contributed by atoms with Crippen LogP contribution >= 0.6 is 0 Å². The van der Waals surface area contributed by atoms with Crippen molar-refractivity contribution in [2.75, 3.05) is 13.1 Å². The number of benzene rings is 1. The van der Waals surface area contributed by atoms with E-state index < -0.39 is 28.4 Å². The van der Waals surface area contributed by atoms with E-state index in [1.807, 2.05) is 6.92 Å². The molecule has 1 atom stereocenters. The predicted molar refractivity (Wildman–Crippen MR) is 60.9 cm³/mol. The van der Waals surface area contributed by atoms with Gasteiger partial charge < -0.3 is 5.32 Å². The quantitative estimate of drug-likeness (QED) is 0.821. The highest BCUT2D eigenvalue weighted by Crippen LogP contribution is 2.34. The third-order valence-electron chi connectivity index (χ3n) is 3.59. The molecule has 2 rings (SSSR count). The number of Topliss-reactive ketones (excluding diaryl/α,β-unsaturated/α-hetero) is 1. The monoisotopic (exact) mass is 239 g/mol. The Balaban J connectivity index is 2.43. The zero-order valence-electron chi connectivity index (χ0n) is 9.72. The first kappa shape index (κ1) is 12.2. The van der Waals surface area contributed by atoms with Crippen molar-refractivity contribution in [3.8, 4) is 0 Å². The summed E-state index contributed by atoms with van der Waals surface area (Å²) in [6.45, 7) is 3.09. The summed E-state index contributed by atoms with van der Waals surface area (Å²) in [5.41, 5.74) is -1.04. The minimum absolute atomic E-state index is 0.391. The highest BCUT2D eigenvalue weighted by molar-refractivity contribution is 6.01. The number of halogens is 2. The predicted octanol–water partition coefficient (Wildman–Crippen LogP) is 2.54. The lowest BCUT2D eigenvalue weighted by Gasteiger charge is -2.25. The van der Waals surface area contributed by atoms with E-state index in [1.165, 1.54) is 6.07 Å². The maximum absolute atomic E-state index is 13.6. The van der Waals surface area contributed by atoms with E-state index in [2.05, 4.69) is 5.32 Å². The second-order valence-electron chi connectivity index (χ2n) is 4.49. The molecule has 4 heteroatoms. The Morgan fingerprint density at radius 1 is 1.41 bits per heavy atom. The van der Waals surface area contributed by atoms with Crippen LogP contribution in [0.3, 0.4) is 0 Å². The smallest absolute Gasteiger partial charge is 0.176 e. The van der Waals surface area contributed by atoms with E-state index in [4.69, 9.17) is 0 Å². The third kappa shape index (κ3) is 1.97. The molecule has 1 aromatic carbocycles. The summed E-state index contributed by atoms with van der Waals surface area (Å²) < 4.78 is 27.2. The van der Waals surface area contributed by atoms with E-state index in [0.717, 1.165) is 18.7 Å². The number of carbonyl (C=O) groups is 1. The van der Waals surface area contributed by atoms with Crippen molar-refractivity contribution >= 4 is 5.78 Å². The molecular formula is C13H15F2NO. The maximum atomic E-state index is 13.6. The van der Waals surface area contributed by atoms with Crippen LogP contribution in [0.15, 0.2) is 18.2 Å². The lowest BCUT2D eigenvalue weighted by Crippen LogP contribution is -2.34. The second kappa shape index (κ2) is 4.53. The van der Waals surface area contributed by atoms with Gasteiger partial charge in [0.1, 0.15) is 11.6 Å². The highest BCUT2D eigenvalue weighted by Gasteiger charge is 2.41. The van der Waals surface area contributed by atoms with Gasteiger partial charge in [0.05, 0.1) is 5.56 Å². The van der Waals surface area contributed by atoms with Crippen LogP contribution in [-0.2, 0) is 0 Å². The third-order valence-corrected chi connectivity index (χ3v) is 3.59. The molecule has 1 aromatic rings. The summed E-state index contributed by atoms with van der Waals surface area (Å²) in [5.74, 6) is -1.95. The molecule has 0 saturated carbocycles. The van der Waals surface area contributed by atoms with Crippen molar-refractivity contribution in [2.24, 2.45) is 5.41 Å². The lowest BCUT2D eigenvalue weighted by molar-refractivity contribution is 0.0801. The standard InChI is InChI=1S/C13H15F2NO/c1-2-13(6-7-16-8-13)12(17)11-9(14)4-3-5-10(11)15/h3-5,16H,2,6-8H2,1H3. The Morgan fingerprint density at radius 2 is 2.06 bits per heavy atom. The lowest BCUT2D eigenvalue weighted by atomic mass is 9.77. The molecule has 1 saturated heterocycles. The molecule has 1 N–H and O–H groups in total. The molecular weight excluding hydrogens is 224 g/mol. The van der Waals surface area contributed by atoms with E-state index in [0.29, 0.717) is 19.4 Å². The summed E-state index contributed by atoms with van der Waals surface area (Å²) in [5, 5.41) is 3.09. The largest absolute Gasteiger partial charge is 0.316 e. The fraction of sp³-hybridized carbons (Fsp3) is 0.462. The van der Waals surface area contributed by atoms with Gasteiger partial charge in [-0.3, -0.25) is 4.79 Å². The molecule has 1 fully saturated rings. The van der Waals surface area contributed by atoms with Crippen LogP contribution in [0.2, 0.25) is 0 Å². The zero-order valence-corrected chi connectivity index (χ0v) is 9.72. The number of nitrogens with one attached hydrogen (secondary N) is 1. The van der Waals surface area contributed by atoms with Gasteiger partial charge in [0.25, 0.3) is 0 Å². The molecule has 0 spiro atoms. The molecule has 1 aliphatic heterocycles. The number of ketones is 1. The van der Waals surface area contributed by atoms with Gasteiger partial charge in [0.2, 0.25) is 0 Å². The molecule has 1 heterocycles. The number of carbonyl (C=O) groups excluding carboxylic acids is 1. The summed E-state index contributed by atoms with van der Waals surface area (Å²) in [4.78, 5) is 12.3. The van der Waals surface area contributed by atoms with Gasteiger partial charge in [0, 0.05) is 12.0 Å². The van der Waals surface area contributed by atoms with Crippen LogP contribution in [0.1, 0.15) is 30.1 Å². The maximum Gasteiger partial charge on any atom is 0.176 e. The fourth-order valence-corrected chi connectivity index (χ4v) is 2.38. The first-order valence-electron chi connectivity index (χ1n) is 5.80. The van der Waals surface area contributed by atoms with Crippen LogP contribution < -0.4 is 5.32 Å². The summed E-state index contributed by atoms with van der Waals surface area (Å²) >= 11 is 0. The van der Waals surface area contributed by atoms with Crippen molar-refractivity contribution in [3.63, 3.8) is 0 Å². The topological polar surface area (TPSA) is 29.1 Å². The normalized spacial score (nSPS) is 23.9. The number of hydrogen-bond acceptors (Lipinski definition) is 2. The van der Waals surface area contributed by atoms with E-state index >= 15 is 0 Å². The van der Waals surface area contributed by atoms with Gasteiger partial charge in [-0.15, -0.1) is 0 Å². The van der Waals surface area contributed by atoms with Crippen molar-refractivity contribution in [3.05, 3.63) is 35.4 Å². The number of hydrogen-bond donors (Lipinski definition) is 1. The Labute approximate surface area is 99.0 Å². The Kier molecular flexibility index (Phi) is 3.24. The van der Waals surface area contributed by atoms with Gasteiger partial charge >= 0.3 is 0 Å². The average molecular weight is 239 g/mol. The van der Waals surface area contributed by atoms with Crippen molar-refractivity contribution < 1.29 is 13.6 Å². The van der Waals surface area contributed by atoms with E-state index in [-0.39, 0.29) is 0 Å². The molecule has 0 aliphatic carbocycles. The Hall–Kier alpha value is -1.29. The van der Waals surface area contributed by atoms with Gasteiger partial charge in [-0.2, -0.15) is 0 Å². The van der Waals surface area contributed by atoms with E-state index in [9.17, 15) is 13.6 Å². The SMILES string of the molecule is CCC1(C(=O)c2c(F)cccc2F)CCNC1. The highest BCUT2D eigenvalue weighted by atomic mass is 19.1. The minimum atomic E-state index is -0.769. The van der Waals surface area contributed by atoms with Crippen molar-refractivity contribution in [2.45, 2.75) is 19.8 Å². The van der Waals surface area contributed by atoms with Crippen molar-refractivity contribution in [1.29, 1.82) is 0 Å². The first-order chi connectivity index (χ1) is 8.10. The first-order valence-corrected chi connectivity index (χ1v) is 5.80. The zero-order chi connectivity index (χ0) is 12.5. The fourth-order valence-electron chi connectivity index (χ4n) is 2.38. The van der Waals surface area contributed by atoms with Crippen LogP contribution in [0.5, 0.6) is 0 Å². The molecule has 0 radical (unpaired) electrons. The molecule has 92 valence electrons. The summed E-state index contributed by atoms with van der Waals surface area (Å²) in [6.07, 6.45) is 1.22. The van der Waals surface area contributed by atoms with Crippen molar-refractivity contribution in [1.82, 2.24) is 5.32 Å².